The summed E-state index contributed by atoms with van der Waals surface area (Å²) in [7, 11) is -2.66. The number of ether oxygens (including phenoxy) is 2. The molecule has 28 heavy (non-hydrogen) atoms. The predicted octanol–water partition coefficient (Wildman–Crippen LogP) is 1.83. The van der Waals surface area contributed by atoms with Gasteiger partial charge in [-0.25, -0.2) is 18.4 Å². The molecule has 0 bridgehead atoms. The van der Waals surface area contributed by atoms with Gasteiger partial charge in [0, 0.05) is 6.04 Å². The van der Waals surface area contributed by atoms with Crippen molar-refractivity contribution >= 4 is 21.9 Å². The second kappa shape index (κ2) is 8.91. The Labute approximate surface area is 165 Å². The average molecular weight is 413 g/mol. The molecule has 0 radical (unpaired) electrons. The van der Waals surface area contributed by atoms with Crippen molar-refractivity contribution in [3.05, 3.63) is 23.8 Å². The van der Waals surface area contributed by atoms with Gasteiger partial charge in [-0.1, -0.05) is 26.7 Å². The molecule has 0 aromatic heterocycles. The van der Waals surface area contributed by atoms with E-state index in [9.17, 15) is 18.0 Å². The van der Waals surface area contributed by atoms with Crippen molar-refractivity contribution < 1.29 is 27.5 Å². The van der Waals surface area contributed by atoms with E-state index < -0.39 is 22.1 Å². The fraction of sp³-hybridized carbons (Fsp3) is 0.579. The Morgan fingerprint density at radius 3 is 2.54 bits per heavy atom. The van der Waals surface area contributed by atoms with E-state index in [1.165, 1.54) is 26.2 Å². The number of nitrogens with two attached hydrogens (primary N) is 1. The SMILES string of the molecule is COc1ccc(S(N)(=O)=O)cc1C(=O)O[C@H](C)C(=O)N[C@H]1CCC[C@@H](C)[C@H]1C. The molecular formula is C19H28N2O6S. The molecule has 1 aromatic rings. The first-order valence-corrected chi connectivity index (χ1v) is 10.8. The maximum atomic E-state index is 12.5. The van der Waals surface area contributed by atoms with Crippen LogP contribution in [0.3, 0.4) is 0 Å². The number of rotatable bonds is 6. The minimum absolute atomic E-state index is 0.0395. The molecule has 0 aliphatic heterocycles. The van der Waals surface area contributed by atoms with Crippen LogP contribution in [0, 0.1) is 11.8 Å². The molecule has 1 aromatic carbocycles. The van der Waals surface area contributed by atoms with Crippen molar-refractivity contribution in [3.63, 3.8) is 0 Å². The number of methoxy groups -OCH3 is 1. The number of sulfonamides is 1. The molecule has 1 aliphatic carbocycles. The topological polar surface area (TPSA) is 125 Å². The van der Waals surface area contributed by atoms with E-state index in [-0.39, 0.29) is 28.2 Å². The van der Waals surface area contributed by atoms with Gasteiger partial charge in [0.2, 0.25) is 10.0 Å². The number of hydrogen-bond donors (Lipinski definition) is 2. The van der Waals surface area contributed by atoms with Gasteiger partial charge in [0.1, 0.15) is 11.3 Å². The maximum absolute atomic E-state index is 12.5. The summed E-state index contributed by atoms with van der Waals surface area (Å²) >= 11 is 0. The summed E-state index contributed by atoms with van der Waals surface area (Å²) < 4.78 is 33.4. The second-order valence-electron chi connectivity index (χ2n) is 7.34. The molecule has 8 nitrogen and oxygen atoms in total. The summed E-state index contributed by atoms with van der Waals surface area (Å²) in [4.78, 5) is 24.7. The Morgan fingerprint density at radius 2 is 1.93 bits per heavy atom. The molecule has 1 aliphatic rings. The van der Waals surface area contributed by atoms with Crippen molar-refractivity contribution in [1.82, 2.24) is 5.32 Å². The van der Waals surface area contributed by atoms with Crippen LogP contribution in [-0.2, 0) is 19.6 Å². The maximum Gasteiger partial charge on any atom is 0.342 e. The van der Waals surface area contributed by atoms with Crippen LogP contribution in [0.15, 0.2) is 23.1 Å². The van der Waals surface area contributed by atoms with Gasteiger partial charge in [-0.15, -0.1) is 0 Å². The van der Waals surface area contributed by atoms with E-state index in [2.05, 4.69) is 19.2 Å². The van der Waals surface area contributed by atoms with Gasteiger partial charge in [-0.05, 0) is 43.4 Å². The monoisotopic (exact) mass is 412 g/mol. The van der Waals surface area contributed by atoms with Gasteiger partial charge in [-0.3, -0.25) is 4.79 Å². The Morgan fingerprint density at radius 1 is 1.25 bits per heavy atom. The Kier molecular flexibility index (Phi) is 7.06. The van der Waals surface area contributed by atoms with Crippen LogP contribution in [0.25, 0.3) is 0 Å². The molecule has 1 amide bonds. The molecule has 0 unspecified atom stereocenters. The highest BCUT2D eigenvalue weighted by molar-refractivity contribution is 7.89. The van der Waals surface area contributed by atoms with Crippen molar-refractivity contribution in [2.45, 2.75) is 57.1 Å². The fourth-order valence-electron chi connectivity index (χ4n) is 3.39. The molecule has 0 saturated heterocycles. The lowest BCUT2D eigenvalue weighted by Crippen LogP contribution is -2.47. The zero-order valence-corrected chi connectivity index (χ0v) is 17.4. The molecular weight excluding hydrogens is 384 g/mol. The van der Waals surface area contributed by atoms with Crippen LogP contribution in [-0.4, -0.2) is 39.5 Å². The third-order valence-corrected chi connectivity index (χ3v) is 6.32. The molecule has 4 atom stereocenters. The predicted molar refractivity (Wildman–Crippen MR) is 103 cm³/mol. The lowest BCUT2D eigenvalue weighted by molar-refractivity contribution is -0.130. The van der Waals surface area contributed by atoms with Crippen molar-refractivity contribution in [3.8, 4) is 5.75 Å². The van der Waals surface area contributed by atoms with Crippen molar-refractivity contribution in [1.29, 1.82) is 0 Å². The molecule has 0 spiro atoms. The lowest BCUT2D eigenvalue weighted by Gasteiger charge is -2.35. The first-order chi connectivity index (χ1) is 13.0. The number of nitrogens with one attached hydrogen (secondary N) is 1. The van der Waals surface area contributed by atoms with E-state index in [1.54, 1.807) is 0 Å². The Bertz CT molecular complexity index is 839. The van der Waals surface area contributed by atoms with Crippen LogP contribution < -0.4 is 15.2 Å². The molecule has 9 heteroatoms. The van der Waals surface area contributed by atoms with Gasteiger partial charge in [-0.2, -0.15) is 0 Å². The highest BCUT2D eigenvalue weighted by atomic mass is 32.2. The number of esters is 1. The van der Waals surface area contributed by atoms with E-state index in [1.807, 2.05) is 0 Å². The minimum Gasteiger partial charge on any atom is -0.496 e. The number of carbonyl (C=O) groups is 2. The van der Waals surface area contributed by atoms with E-state index in [0.29, 0.717) is 11.8 Å². The van der Waals surface area contributed by atoms with Crippen LogP contribution in [0.1, 0.15) is 50.4 Å². The highest BCUT2D eigenvalue weighted by Crippen LogP contribution is 2.29. The summed E-state index contributed by atoms with van der Waals surface area (Å²) in [6, 6.07) is 3.66. The summed E-state index contributed by atoms with van der Waals surface area (Å²) in [6.07, 6.45) is 2.03. The quantitative estimate of drug-likeness (QED) is 0.687. The van der Waals surface area contributed by atoms with Gasteiger partial charge in [0.15, 0.2) is 6.10 Å². The largest absolute Gasteiger partial charge is 0.496 e. The van der Waals surface area contributed by atoms with Crippen molar-refractivity contribution in [2.24, 2.45) is 17.0 Å². The lowest BCUT2D eigenvalue weighted by atomic mass is 9.78. The normalized spacial score (nSPS) is 23.5. The first-order valence-electron chi connectivity index (χ1n) is 9.26. The van der Waals surface area contributed by atoms with E-state index in [4.69, 9.17) is 14.6 Å². The summed E-state index contributed by atoms with van der Waals surface area (Å²) in [5.41, 5.74) is -0.117. The van der Waals surface area contributed by atoms with Crippen molar-refractivity contribution in [2.75, 3.05) is 7.11 Å². The number of carbonyl (C=O) groups excluding carboxylic acids is 2. The number of primary sulfonamides is 1. The number of benzene rings is 1. The molecule has 156 valence electrons. The van der Waals surface area contributed by atoms with Crippen LogP contribution >= 0.6 is 0 Å². The van der Waals surface area contributed by atoms with Crippen LogP contribution in [0.4, 0.5) is 0 Å². The third-order valence-electron chi connectivity index (χ3n) is 5.41. The van der Waals surface area contributed by atoms with E-state index >= 15 is 0 Å². The Balaban J connectivity index is 2.10. The molecule has 1 saturated carbocycles. The molecule has 3 N–H and O–H groups in total. The summed E-state index contributed by atoms with van der Waals surface area (Å²) in [5, 5.41) is 8.07. The minimum atomic E-state index is -4.00. The highest BCUT2D eigenvalue weighted by Gasteiger charge is 2.30. The molecule has 0 heterocycles. The van der Waals surface area contributed by atoms with Gasteiger partial charge < -0.3 is 14.8 Å². The first kappa shape index (κ1) is 22.2. The molecule has 1 fully saturated rings. The molecule has 2 rings (SSSR count). The van der Waals surface area contributed by atoms with Crippen LogP contribution in [0.5, 0.6) is 5.75 Å². The standard InChI is InChI=1S/C19H28N2O6S/c1-11-6-5-7-16(12(11)2)21-18(22)13(3)27-19(23)15-10-14(28(20,24)25)8-9-17(15)26-4/h8-13,16H,5-7H2,1-4H3,(H,21,22)(H2,20,24,25)/t11-,12-,13-,16+/m1/s1. The van der Waals surface area contributed by atoms with Gasteiger partial charge in [0.25, 0.3) is 5.91 Å². The van der Waals surface area contributed by atoms with Crippen LogP contribution in [0.2, 0.25) is 0 Å². The Hall–Kier alpha value is -2.13. The smallest absolute Gasteiger partial charge is 0.342 e. The average Bonchev–Trinajstić information content (AvgIpc) is 2.63. The van der Waals surface area contributed by atoms with Gasteiger partial charge >= 0.3 is 5.97 Å². The second-order valence-corrected chi connectivity index (χ2v) is 8.90. The van der Waals surface area contributed by atoms with Gasteiger partial charge in [0.05, 0.1) is 12.0 Å². The summed E-state index contributed by atoms with van der Waals surface area (Å²) in [6.45, 7) is 5.74. The van der Waals surface area contributed by atoms with E-state index in [0.717, 1.165) is 25.3 Å². The summed E-state index contributed by atoms with van der Waals surface area (Å²) in [5.74, 6) is -0.273. The number of amides is 1. The zero-order valence-electron chi connectivity index (χ0n) is 16.6. The fourth-order valence-corrected chi connectivity index (χ4v) is 3.93. The number of hydrogen-bond acceptors (Lipinski definition) is 6. The third kappa shape index (κ3) is 5.23. The zero-order chi connectivity index (χ0) is 21.1.